The molecular formula is C18H22FIN4O. The maximum Gasteiger partial charge on any atom is 0.243 e. The summed E-state index contributed by atoms with van der Waals surface area (Å²) >= 11 is 0. The van der Waals surface area contributed by atoms with Gasteiger partial charge in [0.2, 0.25) is 5.91 Å². The molecule has 0 saturated heterocycles. The van der Waals surface area contributed by atoms with Gasteiger partial charge in [0.1, 0.15) is 5.82 Å². The third-order valence-corrected chi connectivity index (χ3v) is 3.32. The number of carbonyl (C=O) groups is 1. The van der Waals surface area contributed by atoms with Gasteiger partial charge in [-0.2, -0.15) is 0 Å². The Morgan fingerprint density at radius 2 is 1.72 bits per heavy atom. The summed E-state index contributed by atoms with van der Waals surface area (Å²) < 4.78 is 12.8. The highest BCUT2D eigenvalue weighted by molar-refractivity contribution is 14.0. The number of guanidine groups is 1. The van der Waals surface area contributed by atoms with Crippen LogP contribution in [0, 0.1) is 5.82 Å². The van der Waals surface area contributed by atoms with E-state index in [1.54, 1.807) is 7.05 Å². The van der Waals surface area contributed by atoms with Gasteiger partial charge in [-0.15, -0.1) is 24.0 Å². The molecule has 2 aromatic carbocycles. The molecule has 0 aliphatic carbocycles. The smallest absolute Gasteiger partial charge is 0.243 e. The molecule has 0 unspecified atom stereocenters. The molecule has 25 heavy (non-hydrogen) atoms. The number of hydrogen-bond acceptors (Lipinski definition) is 2. The van der Waals surface area contributed by atoms with Gasteiger partial charge in [0.25, 0.3) is 0 Å². The van der Waals surface area contributed by atoms with E-state index in [1.807, 2.05) is 18.2 Å². The summed E-state index contributed by atoms with van der Waals surface area (Å²) in [5, 5.41) is 8.77. The first-order valence-corrected chi connectivity index (χ1v) is 7.71. The van der Waals surface area contributed by atoms with Gasteiger partial charge in [-0.05, 0) is 36.2 Å². The lowest BCUT2D eigenvalue weighted by Gasteiger charge is -2.12. The molecule has 0 atom stereocenters. The van der Waals surface area contributed by atoms with Crippen molar-refractivity contribution < 1.29 is 9.18 Å². The highest BCUT2D eigenvalue weighted by Gasteiger charge is 2.04. The molecule has 0 heterocycles. The van der Waals surface area contributed by atoms with Crippen LogP contribution < -0.4 is 16.0 Å². The molecule has 0 fully saturated rings. The van der Waals surface area contributed by atoms with E-state index >= 15 is 0 Å². The zero-order valence-electron chi connectivity index (χ0n) is 14.0. The van der Waals surface area contributed by atoms with Gasteiger partial charge in [0, 0.05) is 19.3 Å². The van der Waals surface area contributed by atoms with Crippen molar-refractivity contribution in [1.82, 2.24) is 10.6 Å². The SMILES string of the molecule is CN=C(NCCc1ccccc1)NCC(=O)Nc1ccc(F)cc1.I. The number of rotatable bonds is 6. The minimum absolute atomic E-state index is 0. The molecule has 2 aromatic rings. The first kappa shape index (κ1) is 20.9. The molecule has 0 radical (unpaired) electrons. The van der Waals surface area contributed by atoms with Gasteiger partial charge in [0.15, 0.2) is 5.96 Å². The number of amides is 1. The highest BCUT2D eigenvalue weighted by Crippen LogP contribution is 2.07. The molecular weight excluding hydrogens is 434 g/mol. The van der Waals surface area contributed by atoms with Crippen molar-refractivity contribution >= 4 is 41.5 Å². The van der Waals surface area contributed by atoms with Crippen LogP contribution in [0.25, 0.3) is 0 Å². The molecule has 0 aliphatic heterocycles. The van der Waals surface area contributed by atoms with Crippen LogP contribution in [0.1, 0.15) is 5.56 Å². The van der Waals surface area contributed by atoms with Crippen LogP contribution in [-0.4, -0.2) is 32.0 Å². The van der Waals surface area contributed by atoms with Crippen molar-refractivity contribution in [2.45, 2.75) is 6.42 Å². The first-order valence-electron chi connectivity index (χ1n) is 7.71. The summed E-state index contributed by atoms with van der Waals surface area (Å²) in [5.74, 6) is -0.0121. The molecule has 1 amide bonds. The van der Waals surface area contributed by atoms with Gasteiger partial charge < -0.3 is 16.0 Å². The van der Waals surface area contributed by atoms with Crippen molar-refractivity contribution in [3.8, 4) is 0 Å². The lowest BCUT2D eigenvalue weighted by Crippen LogP contribution is -2.42. The molecule has 0 bridgehead atoms. The number of benzene rings is 2. The van der Waals surface area contributed by atoms with E-state index in [-0.39, 0.29) is 42.2 Å². The van der Waals surface area contributed by atoms with Crippen molar-refractivity contribution in [2.75, 3.05) is 25.5 Å². The Balaban J connectivity index is 0.00000312. The number of nitrogens with one attached hydrogen (secondary N) is 3. The molecule has 0 aliphatic rings. The second kappa shape index (κ2) is 11.4. The van der Waals surface area contributed by atoms with Crippen molar-refractivity contribution in [3.63, 3.8) is 0 Å². The predicted molar refractivity (Wildman–Crippen MR) is 110 cm³/mol. The van der Waals surface area contributed by atoms with Crippen molar-refractivity contribution in [2.24, 2.45) is 4.99 Å². The van der Waals surface area contributed by atoms with Gasteiger partial charge in [-0.25, -0.2) is 4.39 Å². The zero-order valence-corrected chi connectivity index (χ0v) is 16.3. The number of halogens is 2. The Hall–Kier alpha value is -2.16. The summed E-state index contributed by atoms with van der Waals surface area (Å²) in [7, 11) is 1.65. The second-order valence-corrected chi connectivity index (χ2v) is 5.14. The third kappa shape index (κ3) is 7.97. The lowest BCUT2D eigenvalue weighted by molar-refractivity contribution is -0.115. The maximum atomic E-state index is 12.8. The number of anilines is 1. The zero-order chi connectivity index (χ0) is 17.2. The van der Waals surface area contributed by atoms with Crippen LogP contribution in [0.3, 0.4) is 0 Å². The summed E-state index contributed by atoms with van der Waals surface area (Å²) in [6.45, 7) is 0.783. The Morgan fingerprint density at radius 3 is 2.36 bits per heavy atom. The molecule has 0 spiro atoms. The van der Waals surface area contributed by atoms with Gasteiger partial charge in [0.05, 0.1) is 6.54 Å². The number of carbonyl (C=O) groups excluding carboxylic acids is 1. The summed E-state index contributed by atoms with van der Waals surface area (Å²) in [6, 6.07) is 15.7. The molecule has 134 valence electrons. The van der Waals surface area contributed by atoms with E-state index in [9.17, 15) is 9.18 Å². The summed E-state index contributed by atoms with van der Waals surface area (Å²) in [5.41, 5.74) is 1.78. The van der Waals surface area contributed by atoms with Crippen molar-refractivity contribution in [3.05, 3.63) is 66.0 Å². The summed E-state index contributed by atoms with van der Waals surface area (Å²) in [4.78, 5) is 15.9. The summed E-state index contributed by atoms with van der Waals surface area (Å²) in [6.07, 6.45) is 0.864. The first-order chi connectivity index (χ1) is 11.7. The topological polar surface area (TPSA) is 65.5 Å². The van der Waals surface area contributed by atoms with E-state index in [2.05, 4.69) is 33.1 Å². The number of nitrogens with zero attached hydrogens (tertiary/aromatic N) is 1. The van der Waals surface area contributed by atoms with Crippen LogP contribution in [0.15, 0.2) is 59.6 Å². The van der Waals surface area contributed by atoms with Gasteiger partial charge in [-0.1, -0.05) is 30.3 Å². The monoisotopic (exact) mass is 456 g/mol. The highest BCUT2D eigenvalue weighted by atomic mass is 127. The second-order valence-electron chi connectivity index (χ2n) is 5.14. The average Bonchev–Trinajstić information content (AvgIpc) is 2.61. The predicted octanol–water partition coefficient (Wildman–Crippen LogP) is 2.79. The van der Waals surface area contributed by atoms with E-state index in [0.29, 0.717) is 18.2 Å². The molecule has 0 saturated carbocycles. The quantitative estimate of drug-likeness (QED) is 0.356. The fourth-order valence-electron chi connectivity index (χ4n) is 2.09. The van der Waals surface area contributed by atoms with Crippen molar-refractivity contribution in [1.29, 1.82) is 0 Å². The van der Waals surface area contributed by atoms with Crippen LogP contribution in [0.5, 0.6) is 0 Å². The minimum Gasteiger partial charge on any atom is -0.356 e. The molecule has 7 heteroatoms. The van der Waals surface area contributed by atoms with E-state index in [1.165, 1.54) is 29.8 Å². The van der Waals surface area contributed by atoms with Crippen LogP contribution in [0.4, 0.5) is 10.1 Å². The number of hydrogen-bond donors (Lipinski definition) is 3. The Morgan fingerprint density at radius 1 is 1.04 bits per heavy atom. The van der Waals surface area contributed by atoms with E-state index < -0.39 is 0 Å². The van der Waals surface area contributed by atoms with Gasteiger partial charge in [-0.3, -0.25) is 9.79 Å². The fourth-order valence-corrected chi connectivity index (χ4v) is 2.09. The molecule has 3 N–H and O–H groups in total. The third-order valence-electron chi connectivity index (χ3n) is 3.32. The standard InChI is InChI=1S/C18H21FN4O.HI/c1-20-18(21-12-11-14-5-3-2-4-6-14)22-13-17(24)23-16-9-7-15(19)8-10-16;/h2-10H,11-13H2,1H3,(H,23,24)(H2,20,21,22);1H. The Labute approximate surface area is 164 Å². The van der Waals surface area contributed by atoms with Crippen LogP contribution >= 0.6 is 24.0 Å². The Bertz CT molecular complexity index is 677. The van der Waals surface area contributed by atoms with E-state index in [0.717, 1.165) is 6.42 Å². The molecule has 0 aromatic heterocycles. The number of aliphatic imine (C=N–C) groups is 1. The van der Waals surface area contributed by atoms with Crippen LogP contribution in [-0.2, 0) is 11.2 Å². The Kier molecular flexibility index (Phi) is 9.53. The molecule has 5 nitrogen and oxygen atoms in total. The minimum atomic E-state index is -0.339. The average molecular weight is 456 g/mol. The molecule has 2 rings (SSSR count). The van der Waals surface area contributed by atoms with Gasteiger partial charge >= 0.3 is 0 Å². The largest absolute Gasteiger partial charge is 0.356 e. The van der Waals surface area contributed by atoms with E-state index in [4.69, 9.17) is 0 Å². The maximum absolute atomic E-state index is 12.8. The fraction of sp³-hybridized carbons (Fsp3) is 0.222. The lowest BCUT2D eigenvalue weighted by atomic mass is 10.1. The normalized spacial score (nSPS) is 10.6. The van der Waals surface area contributed by atoms with Crippen LogP contribution in [0.2, 0.25) is 0 Å².